The average molecular weight is 303 g/mol. The maximum Gasteiger partial charge on any atom is 0.334 e. The number of anilines is 1. The van der Waals surface area contributed by atoms with Crippen molar-refractivity contribution >= 4 is 17.6 Å². The summed E-state index contributed by atoms with van der Waals surface area (Å²) in [5.41, 5.74) is 1.83. The highest BCUT2D eigenvalue weighted by Crippen LogP contribution is 2.30. The summed E-state index contributed by atoms with van der Waals surface area (Å²) < 4.78 is 9.99. The maximum atomic E-state index is 12.8. The molecule has 0 bridgehead atoms. The molecule has 0 saturated heterocycles. The van der Waals surface area contributed by atoms with Gasteiger partial charge in [0.05, 0.1) is 14.2 Å². The van der Waals surface area contributed by atoms with Crippen LogP contribution < -0.4 is 9.64 Å². The number of benzene rings is 1. The molecule has 0 aliphatic heterocycles. The van der Waals surface area contributed by atoms with Crippen LogP contribution in [0.5, 0.6) is 5.75 Å². The molecule has 1 aromatic carbocycles. The van der Waals surface area contributed by atoms with Gasteiger partial charge >= 0.3 is 5.97 Å². The molecule has 0 radical (unpaired) electrons. The van der Waals surface area contributed by atoms with E-state index < -0.39 is 5.97 Å². The predicted molar refractivity (Wildman–Crippen MR) is 83.9 cm³/mol. The summed E-state index contributed by atoms with van der Waals surface area (Å²) in [7, 11) is 2.93. The summed E-state index contributed by atoms with van der Waals surface area (Å²) >= 11 is 0. The number of hydrogen-bond acceptors (Lipinski definition) is 4. The Hall–Kier alpha value is -2.30. The van der Waals surface area contributed by atoms with Crippen LogP contribution in [0.1, 0.15) is 26.2 Å². The monoisotopic (exact) mass is 303 g/mol. The minimum Gasteiger partial charge on any atom is -0.497 e. The molecule has 0 saturated carbocycles. The molecule has 22 heavy (non-hydrogen) atoms. The van der Waals surface area contributed by atoms with Crippen LogP contribution in [-0.2, 0) is 14.3 Å². The lowest BCUT2D eigenvalue weighted by atomic mass is 10.1. The molecule has 5 heteroatoms. The quantitative estimate of drug-likeness (QED) is 0.785. The van der Waals surface area contributed by atoms with E-state index in [2.05, 4.69) is 0 Å². The Labute approximate surface area is 130 Å². The van der Waals surface area contributed by atoms with Gasteiger partial charge in [-0.1, -0.05) is 6.07 Å². The van der Waals surface area contributed by atoms with Crippen LogP contribution in [0.4, 0.5) is 5.69 Å². The number of methoxy groups -OCH3 is 2. The molecule has 2 rings (SSSR count). The molecule has 1 aliphatic rings. The minimum atomic E-state index is -0.400. The largest absolute Gasteiger partial charge is 0.497 e. The maximum absolute atomic E-state index is 12.8. The van der Waals surface area contributed by atoms with Crippen LogP contribution in [0.3, 0.4) is 0 Å². The first kappa shape index (κ1) is 16.1. The molecule has 0 aromatic heterocycles. The van der Waals surface area contributed by atoms with Gasteiger partial charge in [0.2, 0.25) is 0 Å². The Balaban J connectivity index is 2.34. The molecule has 1 aliphatic carbocycles. The number of hydrogen-bond donors (Lipinski definition) is 0. The third-order valence-electron chi connectivity index (χ3n) is 3.83. The van der Waals surface area contributed by atoms with Crippen molar-refractivity contribution in [2.45, 2.75) is 26.2 Å². The first-order valence-electron chi connectivity index (χ1n) is 7.38. The third-order valence-corrected chi connectivity index (χ3v) is 3.83. The van der Waals surface area contributed by atoms with Gasteiger partial charge in [-0.05, 0) is 38.3 Å². The van der Waals surface area contributed by atoms with E-state index in [1.165, 1.54) is 7.11 Å². The molecule has 0 fully saturated rings. The summed E-state index contributed by atoms with van der Waals surface area (Å²) in [4.78, 5) is 26.3. The molecule has 5 nitrogen and oxygen atoms in total. The van der Waals surface area contributed by atoms with Crippen molar-refractivity contribution in [3.8, 4) is 5.75 Å². The van der Waals surface area contributed by atoms with Gasteiger partial charge in [0.1, 0.15) is 5.75 Å². The van der Waals surface area contributed by atoms with Gasteiger partial charge < -0.3 is 14.4 Å². The molecular weight excluding hydrogens is 282 g/mol. The number of carbonyl (C=O) groups is 2. The van der Waals surface area contributed by atoms with Crippen molar-refractivity contribution in [1.82, 2.24) is 0 Å². The Bertz CT molecular complexity index is 606. The average Bonchev–Trinajstić information content (AvgIpc) is 3.04. The number of nitrogens with zero attached hydrogens (tertiary/aromatic N) is 1. The van der Waals surface area contributed by atoms with Crippen molar-refractivity contribution in [2.24, 2.45) is 0 Å². The van der Waals surface area contributed by atoms with Gasteiger partial charge in [0.15, 0.2) is 0 Å². The van der Waals surface area contributed by atoms with E-state index in [0.717, 1.165) is 12.1 Å². The highest BCUT2D eigenvalue weighted by molar-refractivity contribution is 6.10. The predicted octanol–water partition coefficient (Wildman–Crippen LogP) is 2.70. The van der Waals surface area contributed by atoms with Crippen molar-refractivity contribution < 1.29 is 19.1 Å². The van der Waals surface area contributed by atoms with Crippen molar-refractivity contribution in [2.75, 3.05) is 25.7 Å². The number of rotatable bonds is 5. The topological polar surface area (TPSA) is 55.8 Å². The molecule has 0 unspecified atom stereocenters. The van der Waals surface area contributed by atoms with Gasteiger partial charge in [0.25, 0.3) is 5.91 Å². The Morgan fingerprint density at radius 1 is 1.18 bits per heavy atom. The van der Waals surface area contributed by atoms with Gasteiger partial charge in [0, 0.05) is 29.4 Å². The molecule has 1 amide bonds. The highest BCUT2D eigenvalue weighted by Gasteiger charge is 2.29. The molecule has 0 heterocycles. The van der Waals surface area contributed by atoms with E-state index >= 15 is 0 Å². The van der Waals surface area contributed by atoms with Gasteiger partial charge in [-0.15, -0.1) is 0 Å². The smallest absolute Gasteiger partial charge is 0.334 e. The van der Waals surface area contributed by atoms with Crippen LogP contribution in [0, 0.1) is 0 Å². The standard InChI is InChI=1S/C17H21NO4/c1-4-18(12-7-5-8-13(11-12)21-2)16(19)14-9-6-10-15(14)17(20)22-3/h5,7-8,11H,4,6,9-10H2,1-3H3. The van der Waals surface area contributed by atoms with Crippen LogP contribution in [-0.4, -0.2) is 32.6 Å². The zero-order valence-corrected chi connectivity index (χ0v) is 13.2. The summed E-state index contributed by atoms with van der Waals surface area (Å²) in [6.45, 7) is 2.43. The number of amides is 1. The lowest BCUT2D eigenvalue weighted by Gasteiger charge is -2.22. The molecule has 118 valence electrons. The second kappa shape index (κ2) is 7.11. The van der Waals surface area contributed by atoms with E-state index in [1.807, 2.05) is 31.2 Å². The first-order valence-corrected chi connectivity index (χ1v) is 7.38. The van der Waals surface area contributed by atoms with Gasteiger partial charge in [-0.2, -0.15) is 0 Å². The first-order chi connectivity index (χ1) is 10.6. The Morgan fingerprint density at radius 2 is 1.91 bits per heavy atom. The zero-order chi connectivity index (χ0) is 16.1. The summed E-state index contributed by atoms with van der Waals surface area (Å²) in [6.07, 6.45) is 2.02. The fourth-order valence-corrected chi connectivity index (χ4v) is 2.71. The molecular formula is C17H21NO4. The summed E-state index contributed by atoms with van der Waals surface area (Å²) in [5.74, 6) is 0.161. The van der Waals surface area contributed by atoms with E-state index in [9.17, 15) is 9.59 Å². The summed E-state index contributed by atoms with van der Waals surface area (Å²) in [6, 6.07) is 7.34. The van der Waals surface area contributed by atoms with Crippen molar-refractivity contribution in [3.05, 3.63) is 35.4 Å². The van der Waals surface area contributed by atoms with Crippen LogP contribution in [0.15, 0.2) is 35.4 Å². The molecule has 0 atom stereocenters. The third kappa shape index (κ3) is 3.13. The Kier molecular flexibility index (Phi) is 5.20. The van der Waals surface area contributed by atoms with Gasteiger partial charge in [-0.3, -0.25) is 4.79 Å². The normalized spacial score (nSPS) is 14.0. The fraction of sp³-hybridized carbons (Fsp3) is 0.412. The lowest BCUT2D eigenvalue weighted by Crippen LogP contribution is -2.32. The minimum absolute atomic E-state index is 0.131. The number of carbonyl (C=O) groups excluding carboxylic acids is 2. The number of likely N-dealkylation sites (N-methyl/N-ethyl adjacent to an activating group) is 1. The molecule has 0 N–H and O–H groups in total. The van der Waals surface area contributed by atoms with E-state index in [0.29, 0.717) is 36.3 Å². The van der Waals surface area contributed by atoms with Crippen molar-refractivity contribution in [3.63, 3.8) is 0 Å². The van der Waals surface area contributed by atoms with E-state index in [1.54, 1.807) is 12.0 Å². The second-order valence-corrected chi connectivity index (χ2v) is 5.05. The second-order valence-electron chi connectivity index (χ2n) is 5.05. The SMILES string of the molecule is CCN(C(=O)C1=C(C(=O)OC)CCC1)c1cccc(OC)c1. The van der Waals surface area contributed by atoms with E-state index in [-0.39, 0.29) is 5.91 Å². The lowest BCUT2D eigenvalue weighted by molar-refractivity contribution is -0.136. The molecule has 1 aromatic rings. The van der Waals surface area contributed by atoms with Crippen molar-refractivity contribution in [1.29, 1.82) is 0 Å². The van der Waals surface area contributed by atoms with E-state index in [4.69, 9.17) is 9.47 Å². The molecule has 0 spiro atoms. The zero-order valence-electron chi connectivity index (χ0n) is 13.2. The number of esters is 1. The van der Waals surface area contributed by atoms with Crippen LogP contribution in [0.25, 0.3) is 0 Å². The highest BCUT2D eigenvalue weighted by atomic mass is 16.5. The van der Waals surface area contributed by atoms with Crippen LogP contribution >= 0.6 is 0 Å². The fourth-order valence-electron chi connectivity index (χ4n) is 2.71. The van der Waals surface area contributed by atoms with Gasteiger partial charge in [-0.25, -0.2) is 4.79 Å². The van der Waals surface area contributed by atoms with Crippen LogP contribution in [0.2, 0.25) is 0 Å². The number of ether oxygens (including phenoxy) is 2. The Morgan fingerprint density at radius 3 is 2.55 bits per heavy atom. The summed E-state index contributed by atoms with van der Waals surface area (Å²) in [5, 5.41) is 0.